The van der Waals surface area contributed by atoms with Gasteiger partial charge in [0, 0.05) is 19.5 Å². The highest BCUT2D eigenvalue weighted by Crippen LogP contribution is 2.68. The normalized spacial score (nSPS) is 42.0. The third-order valence-corrected chi connectivity index (χ3v) is 12.3. The van der Waals surface area contributed by atoms with Gasteiger partial charge in [-0.3, -0.25) is 9.35 Å². The number of aliphatic hydroxyl groups excluding tert-OH is 1. The first kappa shape index (κ1) is 27.4. The van der Waals surface area contributed by atoms with Crippen LogP contribution in [0.25, 0.3) is 0 Å². The minimum Gasteiger partial charge on any atom is -0.393 e. The summed E-state index contributed by atoms with van der Waals surface area (Å²) in [6, 6.07) is 0. The highest BCUT2D eigenvalue weighted by atomic mass is 32.2. The number of rotatable bonds is 8. The summed E-state index contributed by atoms with van der Waals surface area (Å²) in [5.74, 6) is 3.83. The van der Waals surface area contributed by atoms with Gasteiger partial charge in [-0.2, -0.15) is 8.42 Å². The monoisotopic (exact) mass is 511 g/mol. The summed E-state index contributed by atoms with van der Waals surface area (Å²) in [5, 5.41) is 10.3. The first-order valence-electron chi connectivity index (χ1n) is 14.3. The number of fused-ring (bicyclic) bond motifs is 5. The van der Waals surface area contributed by atoms with Crippen molar-refractivity contribution in [2.45, 2.75) is 104 Å². The van der Waals surface area contributed by atoms with Gasteiger partial charge in [0.1, 0.15) is 0 Å². The maximum absolute atomic E-state index is 12.8. The molecule has 6 nitrogen and oxygen atoms in total. The van der Waals surface area contributed by atoms with E-state index in [4.69, 9.17) is 4.55 Å². The van der Waals surface area contributed by atoms with Crippen molar-refractivity contribution in [2.75, 3.05) is 18.8 Å². The molecule has 1 amide bonds. The molecule has 0 spiro atoms. The zero-order chi connectivity index (χ0) is 25.6. The Bertz CT molecular complexity index is 877. The molecule has 0 aromatic rings. The Morgan fingerprint density at radius 3 is 2.40 bits per heavy atom. The minimum atomic E-state index is -4.06. The number of hydrogen-bond acceptors (Lipinski definition) is 4. The lowest BCUT2D eigenvalue weighted by Gasteiger charge is -2.61. The Hall–Kier alpha value is -0.660. The second-order valence-corrected chi connectivity index (χ2v) is 14.7. The fourth-order valence-electron chi connectivity index (χ4n) is 9.61. The van der Waals surface area contributed by atoms with Crippen LogP contribution in [0.1, 0.15) is 98.3 Å². The summed E-state index contributed by atoms with van der Waals surface area (Å²) in [6.07, 6.45) is 12.2. The van der Waals surface area contributed by atoms with Crippen LogP contribution in [0.2, 0.25) is 0 Å². The summed E-state index contributed by atoms with van der Waals surface area (Å²) < 4.78 is 31.2. The van der Waals surface area contributed by atoms with E-state index in [-0.39, 0.29) is 18.6 Å². The summed E-state index contributed by atoms with van der Waals surface area (Å²) in [7, 11) is -4.06. The van der Waals surface area contributed by atoms with Crippen molar-refractivity contribution < 1.29 is 22.9 Å². The minimum absolute atomic E-state index is 0.00265. The highest BCUT2D eigenvalue weighted by Gasteiger charge is 2.60. The van der Waals surface area contributed by atoms with Crippen molar-refractivity contribution >= 4 is 16.0 Å². The van der Waals surface area contributed by atoms with Crippen molar-refractivity contribution in [1.82, 2.24) is 4.90 Å². The zero-order valence-corrected chi connectivity index (χ0v) is 23.2. The van der Waals surface area contributed by atoms with E-state index in [1.807, 2.05) is 6.92 Å². The number of nitrogens with zero attached hydrogens (tertiary/aromatic N) is 1. The van der Waals surface area contributed by atoms with Gasteiger partial charge in [0.2, 0.25) is 5.91 Å². The highest BCUT2D eigenvalue weighted by molar-refractivity contribution is 7.85. The fourth-order valence-corrected chi connectivity index (χ4v) is 10.1. The average molecular weight is 512 g/mol. The first-order chi connectivity index (χ1) is 16.4. The molecule has 0 aliphatic heterocycles. The first-order valence-corrected chi connectivity index (χ1v) is 15.9. The van der Waals surface area contributed by atoms with Crippen LogP contribution in [0.4, 0.5) is 0 Å². The van der Waals surface area contributed by atoms with E-state index in [1.54, 1.807) is 4.90 Å². The van der Waals surface area contributed by atoms with Gasteiger partial charge in [0.15, 0.2) is 0 Å². The van der Waals surface area contributed by atoms with Crippen LogP contribution in [0, 0.1) is 46.3 Å². The summed E-state index contributed by atoms with van der Waals surface area (Å²) in [5.41, 5.74) is 0.766. The quantitative estimate of drug-likeness (QED) is 0.439. The Labute approximate surface area is 213 Å². The third-order valence-electron chi connectivity index (χ3n) is 11.6. The lowest BCUT2D eigenvalue weighted by atomic mass is 9.44. The molecule has 0 heterocycles. The van der Waals surface area contributed by atoms with Crippen LogP contribution in [0.15, 0.2) is 0 Å². The largest absolute Gasteiger partial charge is 0.393 e. The van der Waals surface area contributed by atoms with Gasteiger partial charge in [-0.25, -0.2) is 0 Å². The summed E-state index contributed by atoms with van der Waals surface area (Å²) in [4.78, 5) is 14.3. The Balaban J connectivity index is 1.37. The smallest absolute Gasteiger partial charge is 0.266 e. The van der Waals surface area contributed by atoms with Crippen LogP contribution in [-0.2, 0) is 14.9 Å². The third kappa shape index (κ3) is 5.34. The molecule has 0 aromatic heterocycles. The van der Waals surface area contributed by atoms with E-state index in [0.29, 0.717) is 41.5 Å². The number of carbonyl (C=O) groups excluding carboxylic acids is 1. The molecule has 4 aliphatic carbocycles. The number of carbonyl (C=O) groups is 1. The van der Waals surface area contributed by atoms with E-state index >= 15 is 0 Å². The second-order valence-electron chi connectivity index (χ2n) is 13.1. The van der Waals surface area contributed by atoms with Gasteiger partial charge < -0.3 is 10.0 Å². The molecule has 4 saturated carbocycles. The van der Waals surface area contributed by atoms with Crippen LogP contribution >= 0.6 is 0 Å². The van der Waals surface area contributed by atoms with E-state index in [9.17, 15) is 18.3 Å². The molecule has 4 aliphatic rings. The van der Waals surface area contributed by atoms with Gasteiger partial charge in [-0.15, -0.1) is 0 Å². The molecule has 4 rings (SSSR count). The van der Waals surface area contributed by atoms with Gasteiger partial charge >= 0.3 is 0 Å². The lowest BCUT2D eigenvalue weighted by molar-refractivity contribution is -0.133. The number of hydrogen-bond donors (Lipinski definition) is 2. The molecular weight excluding hydrogens is 462 g/mol. The van der Waals surface area contributed by atoms with E-state index in [1.165, 1.54) is 44.9 Å². The lowest BCUT2D eigenvalue weighted by Crippen LogP contribution is -2.54. The fraction of sp³-hybridized carbons (Fsp3) is 0.964. The molecule has 0 radical (unpaired) electrons. The van der Waals surface area contributed by atoms with E-state index < -0.39 is 15.9 Å². The molecule has 202 valence electrons. The molecule has 0 bridgehead atoms. The number of amides is 1. The molecule has 4 fully saturated rings. The summed E-state index contributed by atoms with van der Waals surface area (Å²) >= 11 is 0. The van der Waals surface area contributed by atoms with Crippen LogP contribution in [-0.4, -0.2) is 53.8 Å². The van der Waals surface area contributed by atoms with Crippen molar-refractivity contribution in [3.05, 3.63) is 0 Å². The average Bonchev–Trinajstić information content (AvgIpc) is 3.15. The van der Waals surface area contributed by atoms with E-state index in [2.05, 4.69) is 20.8 Å². The Morgan fingerprint density at radius 1 is 1.03 bits per heavy atom. The molecule has 7 heteroatoms. The van der Waals surface area contributed by atoms with Crippen LogP contribution in [0.3, 0.4) is 0 Å². The molecule has 0 saturated heterocycles. The maximum Gasteiger partial charge on any atom is 0.266 e. The molecule has 35 heavy (non-hydrogen) atoms. The van der Waals surface area contributed by atoms with Gasteiger partial charge in [-0.1, -0.05) is 20.8 Å². The molecule has 2 N–H and O–H groups in total. The Kier molecular flexibility index (Phi) is 8.01. The zero-order valence-electron chi connectivity index (χ0n) is 22.4. The van der Waals surface area contributed by atoms with E-state index in [0.717, 1.165) is 37.0 Å². The molecule has 0 aromatic carbocycles. The van der Waals surface area contributed by atoms with Crippen LogP contribution < -0.4 is 0 Å². The van der Waals surface area contributed by atoms with Crippen molar-refractivity contribution in [3.8, 4) is 0 Å². The molecule has 9 atom stereocenters. The van der Waals surface area contributed by atoms with Crippen molar-refractivity contribution in [2.24, 2.45) is 46.3 Å². The number of aliphatic hydroxyl groups is 1. The Morgan fingerprint density at radius 2 is 1.71 bits per heavy atom. The van der Waals surface area contributed by atoms with Gasteiger partial charge in [0.25, 0.3) is 10.1 Å². The molecular formula is C28H49NO5S. The predicted molar refractivity (Wildman–Crippen MR) is 138 cm³/mol. The maximum atomic E-state index is 12.8. The van der Waals surface area contributed by atoms with Crippen molar-refractivity contribution in [1.29, 1.82) is 0 Å². The standard InChI is InChI=1S/C28H49NO5S/c1-5-29(16-17-35(32,33)34)26(31)11-6-19(2)23-9-10-24-22-8-7-20-18-21(30)12-14-27(20,3)25(22)13-15-28(23,24)4/h19-25,30H,5-18H2,1-4H3,(H,32,33,34)/t19-,20-,21-,22+,23-,24+,25+,27+,28-/m1/s1. The van der Waals surface area contributed by atoms with Crippen LogP contribution in [0.5, 0.6) is 0 Å². The SMILES string of the molecule is CCN(CCS(=O)(=O)O)C(=O)CC[C@@H](C)[C@H]1CC[C@H]2[C@@H]3CC[C@@H]4C[C@H](O)CC[C@]4(C)[C@H]3CC[C@]12C. The van der Waals surface area contributed by atoms with Crippen molar-refractivity contribution in [3.63, 3.8) is 0 Å². The second kappa shape index (κ2) is 10.2. The van der Waals surface area contributed by atoms with Gasteiger partial charge in [0.05, 0.1) is 11.9 Å². The topological polar surface area (TPSA) is 94.9 Å². The van der Waals surface area contributed by atoms with Gasteiger partial charge in [-0.05, 0) is 117 Å². The summed E-state index contributed by atoms with van der Waals surface area (Å²) in [6.45, 7) is 9.80. The molecule has 0 unspecified atom stereocenters. The predicted octanol–water partition coefficient (Wildman–Crippen LogP) is 5.16.